The number of thiophene rings is 1. The average molecular weight is 305 g/mol. The van der Waals surface area contributed by atoms with Gasteiger partial charge in [0.25, 0.3) is 5.91 Å². The zero-order valence-electron chi connectivity index (χ0n) is 12.3. The van der Waals surface area contributed by atoms with Gasteiger partial charge in [0.1, 0.15) is 9.71 Å². The first-order chi connectivity index (χ1) is 10.1. The lowest BCUT2D eigenvalue weighted by Gasteiger charge is -2.15. The first kappa shape index (κ1) is 14.3. The lowest BCUT2D eigenvalue weighted by molar-refractivity contribution is 0.0781. The van der Waals surface area contributed by atoms with Crippen molar-refractivity contribution < 1.29 is 9.53 Å². The first-order valence-electron chi connectivity index (χ1n) is 7.04. The van der Waals surface area contributed by atoms with Crippen molar-refractivity contribution in [3.63, 3.8) is 0 Å². The molecule has 1 fully saturated rings. The molecule has 1 aliphatic rings. The van der Waals surface area contributed by atoms with Crippen molar-refractivity contribution in [1.29, 1.82) is 0 Å². The maximum absolute atomic E-state index is 12.7. The number of ether oxygens (including phenoxy) is 1. The Labute approximate surface area is 127 Å². The Morgan fingerprint density at radius 2 is 2.38 bits per heavy atom. The molecule has 0 radical (unpaired) electrons. The Kier molecular flexibility index (Phi) is 3.82. The van der Waals surface area contributed by atoms with E-state index in [4.69, 9.17) is 10.5 Å². The molecule has 21 heavy (non-hydrogen) atoms. The summed E-state index contributed by atoms with van der Waals surface area (Å²) in [6.07, 6.45) is 0.988. The number of anilines is 1. The molecule has 1 amide bonds. The molecule has 5 nitrogen and oxygen atoms in total. The quantitative estimate of drug-likeness (QED) is 0.944. The number of carbonyl (C=O) groups is 1. The van der Waals surface area contributed by atoms with Crippen LogP contribution in [0.25, 0.3) is 10.2 Å². The number of aryl methyl sites for hydroxylation is 1. The summed E-state index contributed by atoms with van der Waals surface area (Å²) >= 11 is 1.39. The highest BCUT2D eigenvalue weighted by Crippen LogP contribution is 2.34. The number of likely N-dealkylation sites (tertiary alicyclic amines) is 1. The second-order valence-electron chi connectivity index (χ2n) is 5.51. The van der Waals surface area contributed by atoms with Gasteiger partial charge in [-0.2, -0.15) is 0 Å². The Bertz CT molecular complexity index is 683. The molecule has 2 N–H and O–H groups in total. The summed E-state index contributed by atoms with van der Waals surface area (Å²) in [5, 5.41) is 0.876. The average Bonchev–Trinajstić information content (AvgIpc) is 3.04. The molecule has 3 heterocycles. The maximum Gasteiger partial charge on any atom is 0.266 e. The molecule has 0 aromatic carbocycles. The number of pyridine rings is 1. The summed E-state index contributed by atoms with van der Waals surface area (Å²) in [5.41, 5.74) is 7.64. The Morgan fingerprint density at radius 1 is 1.57 bits per heavy atom. The van der Waals surface area contributed by atoms with Gasteiger partial charge in [0.15, 0.2) is 0 Å². The van der Waals surface area contributed by atoms with Gasteiger partial charge >= 0.3 is 0 Å². The van der Waals surface area contributed by atoms with Gasteiger partial charge < -0.3 is 15.4 Å². The van der Waals surface area contributed by atoms with Crippen molar-refractivity contribution in [2.75, 3.05) is 32.5 Å². The predicted molar refractivity (Wildman–Crippen MR) is 84.7 cm³/mol. The van der Waals surface area contributed by atoms with Crippen molar-refractivity contribution in [1.82, 2.24) is 9.88 Å². The van der Waals surface area contributed by atoms with Crippen LogP contribution in [-0.4, -0.2) is 42.6 Å². The monoisotopic (exact) mass is 305 g/mol. The lowest BCUT2D eigenvalue weighted by atomic mass is 10.1. The van der Waals surface area contributed by atoms with Crippen LogP contribution in [0.2, 0.25) is 0 Å². The van der Waals surface area contributed by atoms with E-state index in [0.717, 1.165) is 35.4 Å². The van der Waals surface area contributed by atoms with E-state index in [2.05, 4.69) is 4.98 Å². The molecule has 0 bridgehead atoms. The van der Waals surface area contributed by atoms with Gasteiger partial charge in [0, 0.05) is 37.2 Å². The number of nitrogens with two attached hydrogens (primary N) is 1. The van der Waals surface area contributed by atoms with Crippen molar-refractivity contribution >= 4 is 33.1 Å². The van der Waals surface area contributed by atoms with Crippen LogP contribution >= 0.6 is 11.3 Å². The molecule has 2 aromatic heterocycles. The summed E-state index contributed by atoms with van der Waals surface area (Å²) in [6, 6.07) is 3.86. The minimum absolute atomic E-state index is 0.0201. The van der Waals surface area contributed by atoms with E-state index >= 15 is 0 Å². The van der Waals surface area contributed by atoms with Crippen LogP contribution in [0.15, 0.2) is 12.1 Å². The molecule has 0 spiro atoms. The van der Waals surface area contributed by atoms with Crippen LogP contribution in [0.4, 0.5) is 5.69 Å². The topological polar surface area (TPSA) is 68.5 Å². The highest BCUT2D eigenvalue weighted by atomic mass is 32.1. The summed E-state index contributed by atoms with van der Waals surface area (Å²) in [4.78, 5) is 20.4. The number of methoxy groups -OCH3 is 1. The van der Waals surface area contributed by atoms with Gasteiger partial charge in [-0.1, -0.05) is 0 Å². The van der Waals surface area contributed by atoms with Gasteiger partial charge in [-0.15, -0.1) is 11.3 Å². The second kappa shape index (κ2) is 5.61. The summed E-state index contributed by atoms with van der Waals surface area (Å²) in [6.45, 7) is 4.15. The normalized spacial score (nSPS) is 18.6. The van der Waals surface area contributed by atoms with Crippen LogP contribution in [0.1, 0.15) is 21.8 Å². The van der Waals surface area contributed by atoms with E-state index in [1.165, 1.54) is 11.3 Å². The van der Waals surface area contributed by atoms with Crippen molar-refractivity contribution in [2.24, 2.45) is 5.92 Å². The number of carbonyl (C=O) groups excluding carboxylic acids is 1. The predicted octanol–water partition coefficient (Wildman–Crippen LogP) is 2.30. The third-order valence-electron chi connectivity index (χ3n) is 3.90. The van der Waals surface area contributed by atoms with Crippen molar-refractivity contribution in [2.45, 2.75) is 13.3 Å². The molecular weight excluding hydrogens is 286 g/mol. The Balaban J connectivity index is 1.87. The smallest absolute Gasteiger partial charge is 0.266 e. The van der Waals surface area contributed by atoms with Crippen LogP contribution < -0.4 is 5.73 Å². The highest BCUT2D eigenvalue weighted by Gasteiger charge is 2.29. The van der Waals surface area contributed by atoms with E-state index in [0.29, 0.717) is 23.1 Å². The Hall–Kier alpha value is -1.66. The number of amides is 1. The number of aromatic nitrogens is 1. The van der Waals surface area contributed by atoms with Crippen molar-refractivity contribution in [3.05, 3.63) is 22.7 Å². The van der Waals surface area contributed by atoms with Gasteiger partial charge in [0.05, 0.1) is 12.3 Å². The van der Waals surface area contributed by atoms with Gasteiger partial charge in [-0.25, -0.2) is 4.98 Å². The lowest BCUT2D eigenvalue weighted by Crippen LogP contribution is -2.29. The fourth-order valence-corrected chi connectivity index (χ4v) is 3.89. The van der Waals surface area contributed by atoms with Gasteiger partial charge in [-0.05, 0) is 25.5 Å². The molecule has 0 saturated carbocycles. The van der Waals surface area contributed by atoms with E-state index in [1.807, 2.05) is 24.0 Å². The molecule has 6 heteroatoms. The molecule has 112 valence electrons. The molecule has 1 atom stereocenters. The van der Waals surface area contributed by atoms with Crippen LogP contribution in [0.5, 0.6) is 0 Å². The molecule has 3 rings (SSSR count). The fourth-order valence-electron chi connectivity index (χ4n) is 2.78. The minimum Gasteiger partial charge on any atom is -0.397 e. The molecule has 1 saturated heterocycles. The number of rotatable bonds is 3. The van der Waals surface area contributed by atoms with Crippen LogP contribution in [0, 0.1) is 12.8 Å². The van der Waals surface area contributed by atoms with Gasteiger partial charge in [-0.3, -0.25) is 4.79 Å². The molecule has 1 aliphatic heterocycles. The SMILES string of the molecule is COCC1CCN(C(=O)c2sc3nc(C)ccc3c2N)C1. The number of hydrogen-bond donors (Lipinski definition) is 1. The molecular formula is C15H19N3O2S. The highest BCUT2D eigenvalue weighted by molar-refractivity contribution is 7.21. The molecule has 0 aliphatic carbocycles. The second-order valence-corrected chi connectivity index (χ2v) is 6.51. The molecule has 1 unspecified atom stereocenters. The van der Waals surface area contributed by atoms with E-state index in [9.17, 15) is 4.79 Å². The zero-order chi connectivity index (χ0) is 15.0. The standard InChI is InChI=1S/C15H19N3O2S/c1-9-3-4-11-12(16)13(21-14(11)17-9)15(19)18-6-5-10(7-18)8-20-2/h3-4,10H,5-8,16H2,1-2H3. The number of nitrogen functional groups attached to an aromatic ring is 1. The summed E-state index contributed by atoms with van der Waals surface area (Å²) < 4.78 is 5.17. The van der Waals surface area contributed by atoms with Crippen LogP contribution in [-0.2, 0) is 4.74 Å². The third kappa shape index (κ3) is 2.61. The van der Waals surface area contributed by atoms with E-state index in [-0.39, 0.29) is 5.91 Å². The van der Waals surface area contributed by atoms with Crippen molar-refractivity contribution in [3.8, 4) is 0 Å². The van der Waals surface area contributed by atoms with E-state index < -0.39 is 0 Å². The number of hydrogen-bond acceptors (Lipinski definition) is 5. The largest absolute Gasteiger partial charge is 0.397 e. The first-order valence-corrected chi connectivity index (χ1v) is 7.85. The van der Waals surface area contributed by atoms with Gasteiger partial charge in [0.2, 0.25) is 0 Å². The maximum atomic E-state index is 12.7. The summed E-state index contributed by atoms with van der Waals surface area (Å²) in [7, 11) is 1.70. The van der Waals surface area contributed by atoms with E-state index in [1.54, 1.807) is 7.11 Å². The molecule has 2 aromatic rings. The number of fused-ring (bicyclic) bond motifs is 1. The third-order valence-corrected chi connectivity index (χ3v) is 5.01. The fraction of sp³-hybridized carbons (Fsp3) is 0.467. The zero-order valence-corrected chi connectivity index (χ0v) is 13.1. The Morgan fingerprint density at radius 3 is 3.14 bits per heavy atom. The van der Waals surface area contributed by atoms with Crippen LogP contribution in [0.3, 0.4) is 0 Å². The number of nitrogens with zero attached hydrogens (tertiary/aromatic N) is 2. The summed E-state index contributed by atoms with van der Waals surface area (Å²) in [5.74, 6) is 0.446. The minimum atomic E-state index is 0.0201.